The average molecular weight is 222 g/mol. The minimum atomic E-state index is -1.71. The number of carbonyl (C=O) groups is 2. The minimum absolute atomic E-state index is 0.235. The molecule has 0 fully saturated rings. The predicted molar refractivity (Wildman–Crippen MR) is 48.8 cm³/mol. The molecule has 0 saturated carbocycles. The van der Waals surface area contributed by atoms with Crippen LogP contribution in [0.5, 0.6) is 0 Å². The predicted octanol–water partition coefficient (Wildman–Crippen LogP) is -3.23. The van der Waals surface area contributed by atoms with E-state index in [1.54, 1.807) is 0 Å². The molecule has 0 saturated heterocycles. The monoisotopic (exact) mass is 222 g/mol. The highest BCUT2D eigenvalue weighted by Gasteiger charge is 2.31. The van der Waals surface area contributed by atoms with E-state index in [1.807, 2.05) is 0 Å². The van der Waals surface area contributed by atoms with Crippen LogP contribution in [0.25, 0.3) is 0 Å². The second-order valence-corrected chi connectivity index (χ2v) is 3.09. The first-order valence-electron chi connectivity index (χ1n) is 4.31. The van der Waals surface area contributed by atoms with Crippen molar-refractivity contribution in [1.82, 2.24) is 5.32 Å². The van der Waals surface area contributed by atoms with Crippen LogP contribution >= 0.6 is 0 Å². The van der Waals surface area contributed by atoms with Crippen LogP contribution in [0.2, 0.25) is 0 Å². The van der Waals surface area contributed by atoms with Gasteiger partial charge < -0.3 is 30.5 Å². The number of hydrogen-bond donors (Lipinski definition) is 5. The molecule has 0 unspecified atom stereocenters. The molecule has 5 N–H and O–H groups in total. The Kier molecular flexibility index (Phi) is 6.02. The molecule has 0 bridgehead atoms. The van der Waals surface area contributed by atoms with Crippen molar-refractivity contribution in [2.75, 3.05) is 6.61 Å². The fourth-order valence-electron chi connectivity index (χ4n) is 0.983. The normalized spacial score (nSPS) is 18.7. The van der Waals surface area contributed by atoms with Crippen LogP contribution in [0.4, 0.5) is 0 Å². The van der Waals surface area contributed by atoms with E-state index < -0.39 is 36.9 Å². The van der Waals surface area contributed by atoms with Gasteiger partial charge in [-0.1, -0.05) is 0 Å². The van der Waals surface area contributed by atoms with Gasteiger partial charge >= 0.3 is 0 Å². The van der Waals surface area contributed by atoms with E-state index in [4.69, 9.17) is 10.2 Å². The fraction of sp³-hybridized carbons (Fsp3) is 0.750. The number of carbonyl (C=O) groups excluding carboxylic acids is 2. The molecule has 0 spiro atoms. The number of rotatable bonds is 6. The van der Waals surface area contributed by atoms with Crippen molar-refractivity contribution < 1.29 is 30.0 Å². The van der Waals surface area contributed by atoms with Crippen molar-refractivity contribution >= 4 is 12.2 Å². The van der Waals surface area contributed by atoms with Crippen LogP contribution in [0.1, 0.15) is 6.92 Å². The van der Waals surface area contributed by atoms with Crippen LogP contribution in [-0.4, -0.2) is 63.6 Å². The van der Waals surface area contributed by atoms with Crippen LogP contribution in [0.3, 0.4) is 0 Å². The number of amides is 1. The van der Waals surface area contributed by atoms with Gasteiger partial charge in [0.15, 0.2) is 0 Å². The summed E-state index contributed by atoms with van der Waals surface area (Å²) in [6, 6.07) is -1.32. The summed E-state index contributed by atoms with van der Waals surface area (Å²) in [6.45, 7) is 0.377. The van der Waals surface area contributed by atoms with E-state index in [2.05, 4.69) is 5.32 Å². The van der Waals surface area contributed by atoms with Crippen LogP contribution in [0, 0.1) is 0 Å². The van der Waals surface area contributed by atoms with Crippen molar-refractivity contribution in [2.24, 2.45) is 0 Å². The van der Waals surface area contributed by atoms with Gasteiger partial charge in [-0.3, -0.25) is 4.79 Å². The quantitative estimate of drug-likeness (QED) is 0.237. The molecule has 0 heterocycles. The molecule has 0 aliphatic heterocycles. The van der Waals surface area contributed by atoms with Crippen LogP contribution in [-0.2, 0) is 9.59 Å². The molecule has 0 rings (SSSR count). The smallest absolute Gasteiger partial charge is 0.217 e. The standard InChI is InChI=1S/C8H15NO6/c1-4(12)9-5(2-10)7(14)8(15)6(13)3-11/h2,5-8,11,13-15H,3H2,1H3,(H,9,12)/t5-,6+,7+,8+/m0/s1/i4+1. The lowest BCUT2D eigenvalue weighted by molar-refractivity contribution is -0.129. The van der Waals surface area contributed by atoms with Gasteiger partial charge in [-0.05, 0) is 0 Å². The van der Waals surface area contributed by atoms with E-state index in [1.165, 1.54) is 0 Å². The zero-order valence-electron chi connectivity index (χ0n) is 8.20. The summed E-state index contributed by atoms with van der Waals surface area (Å²) in [4.78, 5) is 21.1. The SMILES string of the molecule is C[13C](=O)N[C@@H](C=O)[C@@H](O)[C@H](O)[C@H](O)CO. The van der Waals surface area contributed by atoms with E-state index >= 15 is 0 Å². The Balaban J connectivity index is 4.42. The fourth-order valence-corrected chi connectivity index (χ4v) is 0.983. The topological polar surface area (TPSA) is 127 Å². The molecule has 0 aliphatic rings. The molecule has 0 aromatic heterocycles. The first-order chi connectivity index (χ1) is 6.93. The maximum Gasteiger partial charge on any atom is 0.217 e. The van der Waals surface area contributed by atoms with Gasteiger partial charge in [-0.25, -0.2) is 0 Å². The highest BCUT2D eigenvalue weighted by atomic mass is 16.4. The molecule has 15 heavy (non-hydrogen) atoms. The number of aliphatic hydroxyl groups is 4. The second-order valence-electron chi connectivity index (χ2n) is 3.09. The van der Waals surface area contributed by atoms with Crippen LogP contribution in [0.15, 0.2) is 0 Å². The van der Waals surface area contributed by atoms with Crippen molar-refractivity contribution in [3.8, 4) is 0 Å². The molecule has 1 amide bonds. The Labute approximate surface area is 86.3 Å². The zero-order chi connectivity index (χ0) is 12.0. The summed E-state index contributed by atoms with van der Waals surface area (Å²) in [5.74, 6) is -0.558. The van der Waals surface area contributed by atoms with Crippen LogP contribution < -0.4 is 5.32 Å². The van der Waals surface area contributed by atoms with Gasteiger partial charge in [-0.15, -0.1) is 0 Å². The Bertz CT molecular complexity index is 221. The molecular weight excluding hydrogens is 207 g/mol. The summed E-state index contributed by atoms with van der Waals surface area (Å²) in [5.41, 5.74) is 0. The number of nitrogens with one attached hydrogen (secondary N) is 1. The third-order valence-corrected chi connectivity index (χ3v) is 1.82. The summed E-state index contributed by atoms with van der Waals surface area (Å²) in [7, 11) is 0. The molecule has 7 heteroatoms. The first-order valence-corrected chi connectivity index (χ1v) is 4.31. The lowest BCUT2D eigenvalue weighted by Crippen LogP contribution is -2.53. The van der Waals surface area contributed by atoms with Gasteiger partial charge in [0.25, 0.3) is 0 Å². The van der Waals surface area contributed by atoms with Gasteiger partial charge in [-0.2, -0.15) is 0 Å². The Morgan fingerprint density at radius 2 is 1.87 bits per heavy atom. The summed E-state index contributed by atoms with van der Waals surface area (Å²) in [5, 5.41) is 38.2. The van der Waals surface area contributed by atoms with Crippen molar-refractivity contribution in [2.45, 2.75) is 31.3 Å². The minimum Gasteiger partial charge on any atom is -0.394 e. The summed E-state index contributed by atoms with van der Waals surface area (Å²) < 4.78 is 0. The van der Waals surface area contributed by atoms with E-state index in [9.17, 15) is 19.8 Å². The molecule has 0 aromatic carbocycles. The van der Waals surface area contributed by atoms with Crippen molar-refractivity contribution in [3.63, 3.8) is 0 Å². The molecule has 4 atom stereocenters. The molecule has 0 radical (unpaired) electrons. The van der Waals surface area contributed by atoms with E-state index in [-0.39, 0.29) is 6.29 Å². The molecule has 0 aromatic rings. The van der Waals surface area contributed by atoms with Gasteiger partial charge in [0.05, 0.1) is 6.61 Å². The second kappa shape index (κ2) is 6.46. The number of aldehydes is 1. The molecule has 7 nitrogen and oxygen atoms in total. The maximum absolute atomic E-state index is 10.6. The van der Waals surface area contributed by atoms with Gasteiger partial charge in [0, 0.05) is 6.92 Å². The highest BCUT2D eigenvalue weighted by molar-refractivity contribution is 5.77. The van der Waals surface area contributed by atoms with Crippen molar-refractivity contribution in [1.29, 1.82) is 0 Å². The third kappa shape index (κ3) is 4.34. The Morgan fingerprint density at radius 3 is 2.20 bits per heavy atom. The molecule has 88 valence electrons. The van der Waals surface area contributed by atoms with Crippen molar-refractivity contribution in [3.05, 3.63) is 0 Å². The molecular formula is C8H15NO6. The lowest BCUT2D eigenvalue weighted by atomic mass is 10.0. The Hall–Kier alpha value is -1.02. The van der Waals surface area contributed by atoms with Gasteiger partial charge in [0.1, 0.15) is 30.6 Å². The number of aliphatic hydroxyl groups excluding tert-OH is 4. The zero-order valence-corrected chi connectivity index (χ0v) is 8.20. The third-order valence-electron chi connectivity index (χ3n) is 1.82. The van der Waals surface area contributed by atoms with E-state index in [0.29, 0.717) is 0 Å². The summed E-state index contributed by atoms with van der Waals surface area (Å²) >= 11 is 0. The van der Waals surface area contributed by atoms with E-state index in [0.717, 1.165) is 6.92 Å². The summed E-state index contributed by atoms with van der Waals surface area (Å²) in [6.07, 6.45) is -4.72. The highest BCUT2D eigenvalue weighted by Crippen LogP contribution is 2.03. The average Bonchev–Trinajstić information content (AvgIpc) is 2.22. The van der Waals surface area contributed by atoms with Gasteiger partial charge in [0.2, 0.25) is 5.91 Å². The maximum atomic E-state index is 10.6. The lowest BCUT2D eigenvalue weighted by Gasteiger charge is -2.25. The first kappa shape index (κ1) is 14.0. The largest absolute Gasteiger partial charge is 0.394 e. The number of hydrogen-bond acceptors (Lipinski definition) is 6. The Morgan fingerprint density at radius 1 is 1.33 bits per heavy atom. The molecule has 0 aliphatic carbocycles.